The molecule has 3 aliphatic heterocycles. The highest BCUT2D eigenvalue weighted by molar-refractivity contribution is 5.75. The lowest BCUT2D eigenvalue weighted by molar-refractivity contribution is -0.341. The molecule has 25 heavy (non-hydrogen) atoms. The number of nitrogens with zero attached hydrogens (tertiary/aromatic N) is 1. The minimum Gasteiger partial charge on any atom is -0.450 e. The summed E-state index contributed by atoms with van der Waals surface area (Å²) >= 11 is 0. The lowest BCUT2D eigenvalue weighted by Crippen LogP contribution is -2.63. The number of fused-ring (bicyclic) bond motifs is 1. The normalized spacial score (nSPS) is 50.1. The molecule has 11 heteroatoms. The Balaban J connectivity index is 1.75. The molecule has 0 aromatic rings. The lowest BCUT2D eigenvalue weighted by Gasteiger charge is -2.44. The maximum Gasteiger partial charge on any atom is 0.227 e. The Morgan fingerprint density at radius 1 is 0.920 bits per heavy atom. The minimum atomic E-state index is -1.63. The summed E-state index contributed by atoms with van der Waals surface area (Å²) in [5, 5.41) is 58.9. The van der Waals surface area contributed by atoms with Crippen LogP contribution in [0.4, 0.5) is 0 Å². The van der Waals surface area contributed by atoms with Gasteiger partial charge in [0.05, 0.1) is 13.2 Å². The van der Waals surface area contributed by atoms with E-state index in [0.717, 1.165) is 0 Å². The monoisotopic (exact) mass is 365 g/mol. The second kappa shape index (κ2) is 7.39. The second-order valence-electron chi connectivity index (χ2n) is 6.27. The van der Waals surface area contributed by atoms with E-state index in [1.54, 1.807) is 6.92 Å². The zero-order valence-electron chi connectivity index (χ0n) is 13.5. The topological polar surface area (TPSA) is 171 Å². The van der Waals surface area contributed by atoms with Crippen LogP contribution < -0.4 is 0 Å². The van der Waals surface area contributed by atoms with Crippen LogP contribution in [0.5, 0.6) is 0 Å². The van der Waals surface area contributed by atoms with Gasteiger partial charge in [0.1, 0.15) is 48.8 Å². The van der Waals surface area contributed by atoms with E-state index in [-0.39, 0.29) is 0 Å². The molecular weight excluding hydrogens is 342 g/mol. The van der Waals surface area contributed by atoms with Gasteiger partial charge in [-0.1, -0.05) is 0 Å². The van der Waals surface area contributed by atoms with Crippen LogP contribution in [0.25, 0.3) is 0 Å². The van der Waals surface area contributed by atoms with E-state index in [1.807, 2.05) is 0 Å². The average molecular weight is 365 g/mol. The number of ether oxygens (including phenoxy) is 4. The van der Waals surface area contributed by atoms with Crippen molar-refractivity contribution in [3.8, 4) is 0 Å². The molecule has 0 radical (unpaired) electrons. The molecule has 3 rings (SSSR count). The Kier molecular flexibility index (Phi) is 5.58. The van der Waals surface area contributed by atoms with E-state index in [0.29, 0.717) is 5.90 Å². The van der Waals surface area contributed by atoms with E-state index in [1.165, 1.54) is 0 Å². The first-order chi connectivity index (χ1) is 11.9. The molecule has 0 saturated carbocycles. The number of rotatable bonds is 4. The van der Waals surface area contributed by atoms with Crippen LogP contribution in [0.2, 0.25) is 0 Å². The van der Waals surface area contributed by atoms with Crippen LogP contribution in [0, 0.1) is 0 Å². The van der Waals surface area contributed by atoms with E-state index < -0.39 is 74.6 Å². The molecular formula is C14H23NO10. The zero-order valence-corrected chi connectivity index (χ0v) is 13.5. The molecule has 10 atom stereocenters. The molecule has 4 unspecified atom stereocenters. The number of hydrogen-bond donors (Lipinski definition) is 6. The van der Waals surface area contributed by atoms with Gasteiger partial charge in [-0.3, -0.25) is 0 Å². The van der Waals surface area contributed by atoms with Gasteiger partial charge in [0.25, 0.3) is 0 Å². The fourth-order valence-corrected chi connectivity index (χ4v) is 3.20. The molecule has 0 amide bonds. The standard InChI is InChI=1S/C14H23NO10/c1-4-15-7-9(19)12(6(3-17)24-13(7)22-4)25-14-11(21)10(20)8(18)5(2-16)23-14/h5-14,16-21H,2-3H2,1H3/t5?,6?,7?,8-,9-,10+,11?,12-,13-,14+/m1/s1. The van der Waals surface area contributed by atoms with Crippen LogP contribution in [0.15, 0.2) is 4.99 Å². The average Bonchev–Trinajstić information content (AvgIpc) is 2.97. The number of aliphatic imine (C=N–C) groups is 1. The smallest absolute Gasteiger partial charge is 0.227 e. The summed E-state index contributed by atoms with van der Waals surface area (Å²) in [6, 6.07) is -0.780. The van der Waals surface area contributed by atoms with Crippen molar-refractivity contribution < 1.29 is 49.6 Å². The van der Waals surface area contributed by atoms with Crippen molar-refractivity contribution in [1.82, 2.24) is 0 Å². The Morgan fingerprint density at radius 3 is 2.24 bits per heavy atom. The van der Waals surface area contributed by atoms with Crippen molar-refractivity contribution in [2.45, 2.75) is 68.3 Å². The Bertz CT molecular complexity index is 502. The first-order valence-corrected chi connectivity index (χ1v) is 7.98. The second-order valence-corrected chi connectivity index (χ2v) is 6.27. The Morgan fingerprint density at radius 2 is 1.60 bits per heavy atom. The van der Waals surface area contributed by atoms with Gasteiger partial charge in [0.15, 0.2) is 12.2 Å². The van der Waals surface area contributed by atoms with E-state index in [4.69, 9.17) is 18.9 Å². The van der Waals surface area contributed by atoms with Crippen molar-refractivity contribution in [3.05, 3.63) is 0 Å². The summed E-state index contributed by atoms with van der Waals surface area (Å²) in [6.45, 7) is 0.473. The number of aliphatic hydroxyl groups is 6. The molecule has 6 N–H and O–H groups in total. The quantitative estimate of drug-likeness (QED) is 0.289. The van der Waals surface area contributed by atoms with Crippen LogP contribution >= 0.6 is 0 Å². The SMILES string of the molecule is CC1=NC2[C@H](O1)OC(CO)[C@@H](O[C@@H]1OC(CO)[C@@H](O)[C@H](O)C1O)[C@@H]2O. The fourth-order valence-electron chi connectivity index (χ4n) is 3.20. The van der Waals surface area contributed by atoms with Crippen molar-refractivity contribution in [2.75, 3.05) is 13.2 Å². The maximum atomic E-state index is 10.5. The highest BCUT2D eigenvalue weighted by Crippen LogP contribution is 2.32. The van der Waals surface area contributed by atoms with Crippen LogP contribution in [-0.2, 0) is 18.9 Å². The van der Waals surface area contributed by atoms with Crippen molar-refractivity contribution in [3.63, 3.8) is 0 Å². The van der Waals surface area contributed by atoms with Gasteiger partial charge in [-0.25, -0.2) is 4.99 Å². The molecule has 2 saturated heterocycles. The van der Waals surface area contributed by atoms with Gasteiger partial charge in [-0.05, 0) is 0 Å². The molecule has 0 aromatic carbocycles. The number of aliphatic hydroxyl groups excluding tert-OH is 6. The van der Waals surface area contributed by atoms with Crippen LogP contribution in [-0.4, -0.2) is 111 Å². The summed E-state index contributed by atoms with van der Waals surface area (Å²) in [5.74, 6) is 0.319. The van der Waals surface area contributed by atoms with E-state index in [2.05, 4.69) is 4.99 Å². The first-order valence-electron chi connectivity index (χ1n) is 7.98. The lowest BCUT2D eigenvalue weighted by atomic mass is 9.96. The third-order valence-electron chi connectivity index (χ3n) is 4.58. The molecule has 3 aliphatic rings. The summed E-state index contributed by atoms with van der Waals surface area (Å²) in [4.78, 5) is 4.11. The highest BCUT2D eigenvalue weighted by atomic mass is 16.7. The van der Waals surface area contributed by atoms with Gasteiger partial charge in [0.2, 0.25) is 6.29 Å². The molecule has 0 spiro atoms. The van der Waals surface area contributed by atoms with Gasteiger partial charge in [-0.2, -0.15) is 0 Å². The minimum absolute atomic E-state index is 0.319. The third kappa shape index (κ3) is 3.39. The van der Waals surface area contributed by atoms with Gasteiger partial charge in [-0.15, -0.1) is 0 Å². The van der Waals surface area contributed by atoms with E-state index >= 15 is 0 Å². The van der Waals surface area contributed by atoms with Gasteiger partial charge >= 0.3 is 0 Å². The Labute approximate surface area is 143 Å². The maximum absolute atomic E-state index is 10.5. The van der Waals surface area contributed by atoms with Gasteiger partial charge in [0, 0.05) is 6.92 Å². The third-order valence-corrected chi connectivity index (χ3v) is 4.58. The molecule has 0 aliphatic carbocycles. The van der Waals surface area contributed by atoms with Crippen molar-refractivity contribution >= 4 is 5.90 Å². The molecule has 0 aromatic heterocycles. The molecule has 2 fully saturated rings. The fraction of sp³-hybridized carbons (Fsp3) is 0.929. The molecule has 0 bridgehead atoms. The highest BCUT2D eigenvalue weighted by Gasteiger charge is 2.52. The molecule has 11 nitrogen and oxygen atoms in total. The largest absolute Gasteiger partial charge is 0.450 e. The predicted molar refractivity (Wildman–Crippen MR) is 78.4 cm³/mol. The zero-order chi connectivity index (χ0) is 18.3. The van der Waals surface area contributed by atoms with Crippen LogP contribution in [0.3, 0.4) is 0 Å². The summed E-state index contributed by atoms with van der Waals surface area (Å²) in [7, 11) is 0. The summed E-state index contributed by atoms with van der Waals surface area (Å²) in [6.07, 6.45) is -11.6. The Hall–Kier alpha value is -0.890. The van der Waals surface area contributed by atoms with Crippen molar-refractivity contribution in [2.24, 2.45) is 4.99 Å². The van der Waals surface area contributed by atoms with Crippen LogP contribution in [0.1, 0.15) is 6.92 Å². The van der Waals surface area contributed by atoms with E-state index in [9.17, 15) is 30.6 Å². The predicted octanol–water partition coefficient (Wildman–Crippen LogP) is -3.93. The molecule has 3 heterocycles. The number of hydrogen-bond acceptors (Lipinski definition) is 11. The van der Waals surface area contributed by atoms with Crippen molar-refractivity contribution in [1.29, 1.82) is 0 Å². The first kappa shape index (κ1) is 18.9. The summed E-state index contributed by atoms with van der Waals surface area (Å²) < 4.78 is 21.6. The van der Waals surface area contributed by atoms with Gasteiger partial charge < -0.3 is 49.6 Å². The molecule has 144 valence electrons. The summed E-state index contributed by atoms with van der Waals surface area (Å²) in [5.41, 5.74) is 0.